The first-order chi connectivity index (χ1) is 6.62. The number of nitrogens with one attached hydrogen (secondary N) is 1. The molecule has 0 spiro atoms. The van der Waals surface area contributed by atoms with Gasteiger partial charge in [-0.2, -0.15) is 0 Å². The Bertz CT molecular complexity index is 126. The molecule has 0 bridgehead atoms. The molecule has 0 fully saturated rings. The smallest absolute Gasteiger partial charge is 0.0644 e. The first-order valence-electron chi connectivity index (χ1n) is 5.40. The van der Waals surface area contributed by atoms with Crippen molar-refractivity contribution in [3.8, 4) is 0 Å². The predicted octanol–water partition coefficient (Wildman–Crippen LogP) is 1.82. The second kappa shape index (κ2) is 8.21. The molecule has 0 aromatic heterocycles. The molecule has 3 nitrogen and oxygen atoms in total. The maximum Gasteiger partial charge on any atom is 0.0644 e. The SMILES string of the molecule is CNCCCCOCCC(C)(C)OC. The van der Waals surface area contributed by atoms with Crippen molar-refractivity contribution < 1.29 is 9.47 Å². The van der Waals surface area contributed by atoms with E-state index < -0.39 is 0 Å². The van der Waals surface area contributed by atoms with E-state index in [1.807, 2.05) is 7.05 Å². The van der Waals surface area contributed by atoms with Crippen LogP contribution < -0.4 is 5.32 Å². The van der Waals surface area contributed by atoms with E-state index in [-0.39, 0.29) is 5.60 Å². The lowest BCUT2D eigenvalue weighted by atomic mass is 10.1. The van der Waals surface area contributed by atoms with Crippen molar-refractivity contribution in [2.75, 3.05) is 33.9 Å². The van der Waals surface area contributed by atoms with Gasteiger partial charge >= 0.3 is 0 Å². The fourth-order valence-corrected chi connectivity index (χ4v) is 1.03. The molecular formula is C11H25NO2. The summed E-state index contributed by atoms with van der Waals surface area (Å²) in [5, 5.41) is 3.12. The number of ether oxygens (including phenoxy) is 2. The number of rotatable bonds is 9. The van der Waals surface area contributed by atoms with Gasteiger partial charge in [-0.3, -0.25) is 0 Å². The third-order valence-electron chi connectivity index (χ3n) is 2.37. The zero-order chi connectivity index (χ0) is 10.9. The van der Waals surface area contributed by atoms with Gasteiger partial charge < -0.3 is 14.8 Å². The molecule has 0 amide bonds. The molecule has 1 N–H and O–H groups in total. The third kappa shape index (κ3) is 8.48. The van der Waals surface area contributed by atoms with Crippen LogP contribution in [0.3, 0.4) is 0 Å². The molecule has 0 aliphatic rings. The Morgan fingerprint density at radius 3 is 2.43 bits per heavy atom. The third-order valence-corrected chi connectivity index (χ3v) is 2.37. The lowest BCUT2D eigenvalue weighted by Crippen LogP contribution is -2.24. The van der Waals surface area contributed by atoms with E-state index in [1.54, 1.807) is 7.11 Å². The van der Waals surface area contributed by atoms with Gasteiger partial charge in [-0.15, -0.1) is 0 Å². The summed E-state index contributed by atoms with van der Waals surface area (Å²) in [6.45, 7) is 6.89. The van der Waals surface area contributed by atoms with Crippen LogP contribution in [-0.2, 0) is 9.47 Å². The van der Waals surface area contributed by atoms with Crippen LogP contribution in [0.2, 0.25) is 0 Å². The Morgan fingerprint density at radius 2 is 1.86 bits per heavy atom. The fraction of sp³-hybridized carbons (Fsp3) is 1.00. The normalized spacial score (nSPS) is 12.0. The highest BCUT2D eigenvalue weighted by Crippen LogP contribution is 2.12. The quantitative estimate of drug-likeness (QED) is 0.580. The van der Waals surface area contributed by atoms with Crippen molar-refractivity contribution in [3.63, 3.8) is 0 Å². The summed E-state index contributed by atoms with van der Waals surface area (Å²) >= 11 is 0. The minimum absolute atomic E-state index is 0.0506. The van der Waals surface area contributed by atoms with Crippen LogP contribution in [0, 0.1) is 0 Å². The molecule has 0 aliphatic heterocycles. The monoisotopic (exact) mass is 203 g/mol. The molecule has 0 radical (unpaired) electrons. The summed E-state index contributed by atoms with van der Waals surface area (Å²) in [5.74, 6) is 0. The van der Waals surface area contributed by atoms with Crippen molar-refractivity contribution >= 4 is 0 Å². The largest absolute Gasteiger partial charge is 0.381 e. The van der Waals surface area contributed by atoms with Crippen molar-refractivity contribution in [2.24, 2.45) is 0 Å². The summed E-state index contributed by atoms with van der Waals surface area (Å²) in [6, 6.07) is 0. The highest BCUT2D eigenvalue weighted by atomic mass is 16.5. The van der Waals surface area contributed by atoms with Gasteiger partial charge in [-0.05, 0) is 46.7 Å². The molecule has 86 valence electrons. The van der Waals surface area contributed by atoms with Gasteiger partial charge in [-0.25, -0.2) is 0 Å². The Kier molecular flexibility index (Phi) is 8.14. The van der Waals surface area contributed by atoms with Crippen LogP contribution in [0.25, 0.3) is 0 Å². The van der Waals surface area contributed by atoms with E-state index in [0.717, 1.165) is 32.6 Å². The molecule has 0 aromatic rings. The summed E-state index contributed by atoms with van der Waals surface area (Å²) < 4.78 is 10.8. The Hall–Kier alpha value is -0.120. The van der Waals surface area contributed by atoms with Crippen molar-refractivity contribution in [2.45, 2.75) is 38.7 Å². The molecule has 0 unspecified atom stereocenters. The average Bonchev–Trinajstić information content (AvgIpc) is 2.16. The van der Waals surface area contributed by atoms with Crippen LogP contribution >= 0.6 is 0 Å². The van der Waals surface area contributed by atoms with E-state index in [2.05, 4.69) is 19.2 Å². The topological polar surface area (TPSA) is 30.5 Å². The molecule has 0 aromatic carbocycles. The van der Waals surface area contributed by atoms with Crippen LogP contribution in [0.5, 0.6) is 0 Å². The number of unbranched alkanes of at least 4 members (excludes halogenated alkanes) is 1. The molecule has 0 aliphatic carbocycles. The number of hydrogen-bond acceptors (Lipinski definition) is 3. The van der Waals surface area contributed by atoms with Crippen molar-refractivity contribution in [1.29, 1.82) is 0 Å². The first kappa shape index (κ1) is 13.9. The highest BCUT2D eigenvalue weighted by molar-refractivity contribution is 4.66. The maximum atomic E-state index is 5.51. The Morgan fingerprint density at radius 1 is 1.14 bits per heavy atom. The van der Waals surface area contributed by atoms with Gasteiger partial charge in [0.05, 0.1) is 5.60 Å². The van der Waals surface area contributed by atoms with Gasteiger partial charge in [0.15, 0.2) is 0 Å². The van der Waals surface area contributed by atoms with E-state index in [1.165, 1.54) is 6.42 Å². The zero-order valence-electron chi connectivity index (χ0n) is 10.1. The van der Waals surface area contributed by atoms with Gasteiger partial charge in [0.2, 0.25) is 0 Å². The van der Waals surface area contributed by atoms with Gasteiger partial charge in [0, 0.05) is 20.3 Å². The summed E-state index contributed by atoms with van der Waals surface area (Å²) in [4.78, 5) is 0. The second-order valence-electron chi connectivity index (χ2n) is 4.14. The van der Waals surface area contributed by atoms with Gasteiger partial charge in [0.1, 0.15) is 0 Å². The average molecular weight is 203 g/mol. The first-order valence-corrected chi connectivity index (χ1v) is 5.40. The molecule has 0 saturated heterocycles. The summed E-state index contributed by atoms with van der Waals surface area (Å²) in [7, 11) is 3.72. The molecular weight excluding hydrogens is 178 g/mol. The second-order valence-corrected chi connectivity index (χ2v) is 4.14. The van der Waals surface area contributed by atoms with Crippen LogP contribution in [-0.4, -0.2) is 39.5 Å². The maximum absolute atomic E-state index is 5.51. The van der Waals surface area contributed by atoms with Crippen LogP contribution in [0.15, 0.2) is 0 Å². The van der Waals surface area contributed by atoms with E-state index in [4.69, 9.17) is 9.47 Å². The molecule has 0 saturated carbocycles. The summed E-state index contributed by atoms with van der Waals surface area (Å²) in [6.07, 6.45) is 3.27. The van der Waals surface area contributed by atoms with Gasteiger partial charge in [0.25, 0.3) is 0 Å². The van der Waals surface area contributed by atoms with E-state index in [9.17, 15) is 0 Å². The zero-order valence-corrected chi connectivity index (χ0v) is 10.1. The Balaban J connectivity index is 3.13. The van der Waals surface area contributed by atoms with Crippen LogP contribution in [0.1, 0.15) is 33.1 Å². The standard InChI is InChI=1S/C11H25NO2/c1-11(2,13-4)7-10-14-9-6-5-8-12-3/h12H,5-10H2,1-4H3. The lowest BCUT2D eigenvalue weighted by Gasteiger charge is -2.22. The molecule has 0 heterocycles. The van der Waals surface area contributed by atoms with Crippen LogP contribution in [0.4, 0.5) is 0 Å². The number of hydrogen-bond donors (Lipinski definition) is 1. The molecule has 0 rings (SSSR count). The van der Waals surface area contributed by atoms with E-state index >= 15 is 0 Å². The van der Waals surface area contributed by atoms with Crippen molar-refractivity contribution in [3.05, 3.63) is 0 Å². The van der Waals surface area contributed by atoms with Crippen molar-refractivity contribution in [1.82, 2.24) is 5.32 Å². The van der Waals surface area contributed by atoms with E-state index in [0.29, 0.717) is 0 Å². The molecule has 14 heavy (non-hydrogen) atoms. The minimum Gasteiger partial charge on any atom is -0.381 e. The Labute approximate surface area is 88.2 Å². The highest BCUT2D eigenvalue weighted by Gasteiger charge is 2.15. The fourth-order valence-electron chi connectivity index (χ4n) is 1.03. The van der Waals surface area contributed by atoms with Gasteiger partial charge in [-0.1, -0.05) is 0 Å². The molecule has 0 atom stereocenters. The summed E-state index contributed by atoms with van der Waals surface area (Å²) in [5.41, 5.74) is -0.0506. The predicted molar refractivity (Wildman–Crippen MR) is 59.7 cm³/mol. The minimum atomic E-state index is -0.0506. The molecule has 3 heteroatoms. The lowest BCUT2D eigenvalue weighted by molar-refractivity contribution is -0.0101. The number of methoxy groups -OCH3 is 1.